The highest BCUT2D eigenvalue weighted by molar-refractivity contribution is 5.89. The molecule has 2 amide bonds. The molecule has 2 rings (SSSR count). The number of alkyl carbamates (subject to hydrolysis) is 1. The lowest BCUT2D eigenvalue weighted by Crippen LogP contribution is -2.54. The molecule has 0 saturated heterocycles. The van der Waals surface area contributed by atoms with Crippen molar-refractivity contribution in [3.63, 3.8) is 0 Å². The molecule has 0 aliphatic carbocycles. The number of nitrogens with one attached hydrogen (secondary N) is 2. The van der Waals surface area contributed by atoms with Gasteiger partial charge < -0.3 is 20.5 Å². The molecule has 3 N–H and O–H groups in total. The maximum atomic E-state index is 12.8. The Morgan fingerprint density at radius 1 is 0.933 bits per heavy atom. The fraction of sp³-hybridized carbons (Fsp3) is 0.348. The Kier molecular flexibility index (Phi) is 8.87. The molecule has 2 aromatic carbocycles. The summed E-state index contributed by atoms with van der Waals surface area (Å²) in [6.45, 7) is 3.68. The van der Waals surface area contributed by atoms with Gasteiger partial charge in [0, 0.05) is 6.42 Å². The third kappa shape index (κ3) is 7.24. The highest BCUT2D eigenvalue weighted by Crippen LogP contribution is 2.10. The van der Waals surface area contributed by atoms with Gasteiger partial charge in [0.1, 0.15) is 18.7 Å². The molecule has 7 nitrogen and oxygen atoms in total. The summed E-state index contributed by atoms with van der Waals surface area (Å²) >= 11 is 0. The first-order chi connectivity index (χ1) is 14.4. The average Bonchev–Trinajstić information content (AvgIpc) is 2.76. The van der Waals surface area contributed by atoms with E-state index in [4.69, 9.17) is 4.74 Å². The van der Waals surface area contributed by atoms with E-state index in [2.05, 4.69) is 10.6 Å². The minimum atomic E-state index is -1.11. The molecule has 2 aromatic rings. The predicted octanol–water partition coefficient (Wildman–Crippen LogP) is 3.14. The van der Waals surface area contributed by atoms with Crippen LogP contribution in [0.5, 0.6) is 0 Å². The maximum absolute atomic E-state index is 12.8. The molecule has 0 saturated carbocycles. The fourth-order valence-corrected chi connectivity index (χ4v) is 2.90. The zero-order chi connectivity index (χ0) is 21.9. The molecule has 0 aliphatic heterocycles. The summed E-state index contributed by atoms with van der Waals surface area (Å²) in [7, 11) is 0. The van der Waals surface area contributed by atoms with Gasteiger partial charge in [-0.1, -0.05) is 80.9 Å². The predicted molar refractivity (Wildman–Crippen MR) is 113 cm³/mol. The maximum Gasteiger partial charge on any atom is 0.408 e. The Morgan fingerprint density at radius 2 is 1.50 bits per heavy atom. The van der Waals surface area contributed by atoms with E-state index in [0.29, 0.717) is 6.42 Å². The summed E-state index contributed by atoms with van der Waals surface area (Å²) in [5.41, 5.74) is 1.65. The normalized spacial score (nSPS) is 13.5. The average molecular weight is 412 g/mol. The van der Waals surface area contributed by atoms with Crippen molar-refractivity contribution in [2.24, 2.45) is 5.92 Å². The Hall–Kier alpha value is -3.35. The zero-order valence-corrected chi connectivity index (χ0v) is 17.2. The Morgan fingerprint density at radius 3 is 2.03 bits per heavy atom. The highest BCUT2D eigenvalue weighted by atomic mass is 16.5. The molecule has 0 aromatic heterocycles. The number of benzene rings is 2. The van der Waals surface area contributed by atoms with Crippen molar-refractivity contribution in [3.8, 4) is 0 Å². The first-order valence-electron chi connectivity index (χ1n) is 9.95. The second kappa shape index (κ2) is 11.6. The van der Waals surface area contributed by atoms with E-state index in [0.717, 1.165) is 11.1 Å². The molecule has 0 radical (unpaired) electrons. The third-order valence-electron chi connectivity index (χ3n) is 4.88. The first-order valence-corrected chi connectivity index (χ1v) is 9.95. The van der Waals surface area contributed by atoms with Gasteiger partial charge in [0.15, 0.2) is 0 Å². The molecule has 0 heterocycles. The van der Waals surface area contributed by atoms with Crippen molar-refractivity contribution in [2.45, 2.75) is 45.4 Å². The van der Waals surface area contributed by atoms with E-state index in [1.165, 1.54) is 0 Å². The molecular formula is C23H28N2O5. The van der Waals surface area contributed by atoms with Crippen LogP contribution in [-0.4, -0.2) is 35.2 Å². The summed E-state index contributed by atoms with van der Waals surface area (Å²) < 4.78 is 5.22. The van der Waals surface area contributed by atoms with E-state index in [1.54, 1.807) is 6.92 Å². The van der Waals surface area contributed by atoms with Crippen molar-refractivity contribution < 1.29 is 24.2 Å². The smallest absolute Gasteiger partial charge is 0.408 e. The van der Waals surface area contributed by atoms with Crippen LogP contribution >= 0.6 is 0 Å². The van der Waals surface area contributed by atoms with Crippen molar-refractivity contribution in [1.82, 2.24) is 10.6 Å². The summed E-state index contributed by atoms with van der Waals surface area (Å²) in [6.07, 6.45) is 0.0537. The van der Waals surface area contributed by atoms with Crippen LogP contribution in [0.4, 0.5) is 4.79 Å². The van der Waals surface area contributed by atoms with Gasteiger partial charge in [0.25, 0.3) is 0 Å². The van der Waals surface area contributed by atoms with E-state index in [9.17, 15) is 19.5 Å². The molecule has 0 bridgehead atoms. The molecule has 3 atom stereocenters. The van der Waals surface area contributed by atoms with Gasteiger partial charge in [-0.25, -0.2) is 9.59 Å². The Bertz CT molecular complexity index is 826. The van der Waals surface area contributed by atoms with Gasteiger partial charge in [0.05, 0.1) is 0 Å². The monoisotopic (exact) mass is 412 g/mol. The molecule has 0 aliphatic rings. The molecule has 0 fully saturated rings. The molecular weight excluding hydrogens is 384 g/mol. The lowest BCUT2D eigenvalue weighted by Gasteiger charge is -2.24. The topological polar surface area (TPSA) is 105 Å². The number of amides is 2. The number of aliphatic carboxylic acids is 1. The van der Waals surface area contributed by atoms with E-state index in [-0.39, 0.29) is 18.9 Å². The van der Waals surface area contributed by atoms with Crippen molar-refractivity contribution in [1.29, 1.82) is 0 Å². The van der Waals surface area contributed by atoms with Gasteiger partial charge in [0.2, 0.25) is 5.91 Å². The second-order valence-corrected chi connectivity index (χ2v) is 7.16. The van der Waals surface area contributed by atoms with Crippen LogP contribution in [-0.2, 0) is 27.4 Å². The van der Waals surface area contributed by atoms with Crippen LogP contribution in [0.2, 0.25) is 0 Å². The van der Waals surface area contributed by atoms with Crippen molar-refractivity contribution in [3.05, 3.63) is 71.8 Å². The standard InChI is InChI=1S/C23H28N2O5/c1-3-16(2)20(22(27)28)25-21(26)19(14-17-10-6-4-7-11-17)24-23(29)30-15-18-12-8-5-9-13-18/h4-13,16,19-20H,3,14-15H2,1-2H3,(H,24,29)(H,25,26)(H,27,28)/t16-,19-,20+/m1/s1. The number of rotatable bonds is 10. The molecule has 7 heteroatoms. The van der Waals surface area contributed by atoms with Crippen LogP contribution < -0.4 is 10.6 Å². The van der Waals surface area contributed by atoms with E-state index in [1.807, 2.05) is 67.6 Å². The van der Waals surface area contributed by atoms with Crippen LogP contribution in [0.25, 0.3) is 0 Å². The van der Waals surface area contributed by atoms with Crippen LogP contribution in [0.1, 0.15) is 31.4 Å². The number of hydrogen-bond donors (Lipinski definition) is 3. The fourth-order valence-electron chi connectivity index (χ4n) is 2.90. The van der Waals surface area contributed by atoms with E-state index >= 15 is 0 Å². The molecule has 30 heavy (non-hydrogen) atoms. The lowest BCUT2D eigenvalue weighted by atomic mass is 9.98. The van der Waals surface area contributed by atoms with Crippen LogP contribution in [0.15, 0.2) is 60.7 Å². The number of carbonyl (C=O) groups excluding carboxylic acids is 2. The highest BCUT2D eigenvalue weighted by Gasteiger charge is 2.30. The summed E-state index contributed by atoms with van der Waals surface area (Å²) in [5.74, 6) is -1.93. The van der Waals surface area contributed by atoms with Crippen LogP contribution in [0.3, 0.4) is 0 Å². The zero-order valence-electron chi connectivity index (χ0n) is 17.2. The second-order valence-electron chi connectivity index (χ2n) is 7.16. The number of ether oxygens (including phenoxy) is 1. The number of carboxylic acid groups (broad SMARTS) is 1. The van der Waals surface area contributed by atoms with Gasteiger partial charge in [-0.15, -0.1) is 0 Å². The van der Waals surface area contributed by atoms with Gasteiger partial charge >= 0.3 is 12.1 Å². The van der Waals surface area contributed by atoms with Crippen molar-refractivity contribution >= 4 is 18.0 Å². The SMILES string of the molecule is CC[C@@H](C)[C@H](NC(=O)[C@@H](Cc1ccccc1)NC(=O)OCc1ccccc1)C(=O)O. The molecule has 160 valence electrons. The number of carboxylic acids is 1. The minimum Gasteiger partial charge on any atom is -0.480 e. The summed E-state index contributed by atoms with van der Waals surface area (Å²) in [6, 6.07) is 16.4. The molecule has 0 unspecified atom stereocenters. The van der Waals surface area contributed by atoms with Crippen molar-refractivity contribution in [2.75, 3.05) is 0 Å². The first kappa shape index (κ1) is 22.9. The lowest BCUT2D eigenvalue weighted by molar-refractivity contribution is -0.143. The van der Waals surface area contributed by atoms with Gasteiger partial charge in [-0.2, -0.15) is 0 Å². The summed E-state index contributed by atoms with van der Waals surface area (Å²) in [5, 5.41) is 14.6. The Labute approximate surface area is 176 Å². The van der Waals surface area contributed by atoms with Gasteiger partial charge in [-0.05, 0) is 17.0 Å². The minimum absolute atomic E-state index is 0.0664. The Balaban J connectivity index is 2.08. The quantitative estimate of drug-likeness (QED) is 0.556. The number of hydrogen-bond acceptors (Lipinski definition) is 4. The largest absolute Gasteiger partial charge is 0.480 e. The third-order valence-corrected chi connectivity index (χ3v) is 4.88. The number of carbonyl (C=O) groups is 3. The molecule has 0 spiro atoms. The van der Waals surface area contributed by atoms with Crippen LogP contribution in [0, 0.1) is 5.92 Å². The van der Waals surface area contributed by atoms with Gasteiger partial charge in [-0.3, -0.25) is 4.79 Å². The summed E-state index contributed by atoms with van der Waals surface area (Å²) in [4.78, 5) is 36.7. The van der Waals surface area contributed by atoms with E-state index < -0.39 is 30.1 Å².